The maximum absolute atomic E-state index is 14.3. The molecule has 1 heterocycles. The van der Waals surface area contributed by atoms with Crippen molar-refractivity contribution in [2.75, 3.05) is 20.7 Å². The van der Waals surface area contributed by atoms with Crippen LogP contribution in [-0.4, -0.2) is 46.8 Å². The third kappa shape index (κ3) is 5.79. The maximum Gasteiger partial charge on any atom is 0.317 e. The summed E-state index contributed by atoms with van der Waals surface area (Å²) in [6.45, 7) is 2.59. The quantitative estimate of drug-likeness (QED) is 0.357. The van der Waals surface area contributed by atoms with Gasteiger partial charge in [-0.05, 0) is 72.1 Å². The van der Waals surface area contributed by atoms with E-state index in [9.17, 15) is 9.18 Å². The number of nitrogens with zero attached hydrogens (tertiary/aromatic N) is 3. The zero-order valence-corrected chi connectivity index (χ0v) is 19.8. The first-order valence-corrected chi connectivity index (χ1v) is 11.1. The van der Waals surface area contributed by atoms with E-state index >= 15 is 0 Å². The van der Waals surface area contributed by atoms with Crippen LogP contribution in [0, 0.1) is 12.7 Å². The van der Waals surface area contributed by atoms with Gasteiger partial charge in [-0.25, -0.2) is 4.39 Å². The van der Waals surface area contributed by atoms with Gasteiger partial charge in [0.2, 0.25) is 5.82 Å². The molecular formula is C27H26FN3O4. The zero-order valence-electron chi connectivity index (χ0n) is 19.8. The summed E-state index contributed by atoms with van der Waals surface area (Å²) in [5, 5.41) is 13.0. The summed E-state index contributed by atoms with van der Waals surface area (Å²) in [7, 11) is 3.30. The summed E-state index contributed by atoms with van der Waals surface area (Å²) < 4.78 is 25.2. The Balaban J connectivity index is 1.64. The van der Waals surface area contributed by atoms with Gasteiger partial charge in [-0.1, -0.05) is 35.5 Å². The van der Waals surface area contributed by atoms with Gasteiger partial charge in [-0.2, -0.15) is 4.98 Å². The van der Waals surface area contributed by atoms with Gasteiger partial charge in [0.25, 0.3) is 5.89 Å². The molecule has 0 aliphatic rings. The lowest BCUT2D eigenvalue weighted by Gasteiger charge is -2.14. The van der Waals surface area contributed by atoms with E-state index in [2.05, 4.69) is 29.2 Å². The normalized spacial score (nSPS) is 11.2. The number of carboxylic acid groups (broad SMARTS) is 1. The molecule has 35 heavy (non-hydrogen) atoms. The van der Waals surface area contributed by atoms with Crippen molar-refractivity contribution >= 4 is 5.97 Å². The average Bonchev–Trinajstić information content (AvgIpc) is 3.29. The SMILES string of the molecule is COCc1cc(-c2nc(-c3cc(F)cc(CN(C)CC(=O)O)c3)no2)ccc1-c1ccccc1C. The molecule has 0 aliphatic heterocycles. The van der Waals surface area contributed by atoms with Gasteiger partial charge in [0.15, 0.2) is 0 Å². The Hall–Kier alpha value is -3.88. The number of likely N-dealkylation sites (N-methyl/N-ethyl adjacent to an activating group) is 1. The Bertz CT molecular complexity index is 1350. The maximum atomic E-state index is 14.3. The molecule has 0 amide bonds. The van der Waals surface area contributed by atoms with E-state index < -0.39 is 11.8 Å². The predicted molar refractivity (Wildman–Crippen MR) is 130 cm³/mol. The van der Waals surface area contributed by atoms with Crippen LogP contribution in [0.5, 0.6) is 0 Å². The first-order valence-electron chi connectivity index (χ1n) is 11.1. The summed E-state index contributed by atoms with van der Waals surface area (Å²) in [4.78, 5) is 17.0. The van der Waals surface area contributed by atoms with Crippen molar-refractivity contribution in [1.29, 1.82) is 0 Å². The molecule has 180 valence electrons. The highest BCUT2D eigenvalue weighted by molar-refractivity contribution is 5.74. The summed E-state index contributed by atoms with van der Waals surface area (Å²) in [6, 6.07) is 18.4. The fourth-order valence-corrected chi connectivity index (χ4v) is 4.07. The van der Waals surface area contributed by atoms with Crippen LogP contribution in [0.3, 0.4) is 0 Å². The summed E-state index contributed by atoms with van der Waals surface area (Å²) >= 11 is 0. The minimum atomic E-state index is -0.951. The van der Waals surface area contributed by atoms with Crippen LogP contribution in [0.4, 0.5) is 4.39 Å². The monoisotopic (exact) mass is 475 g/mol. The van der Waals surface area contributed by atoms with E-state index in [0.29, 0.717) is 23.6 Å². The molecule has 7 nitrogen and oxygen atoms in total. The zero-order chi connectivity index (χ0) is 24.9. The van der Waals surface area contributed by atoms with Crippen LogP contribution >= 0.6 is 0 Å². The van der Waals surface area contributed by atoms with Crippen molar-refractivity contribution in [2.24, 2.45) is 0 Å². The van der Waals surface area contributed by atoms with Gasteiger partial charge < -0.3 is 14.4 Å². The highest BCUT2D eigenvalue weighted by Gasteiger charge is 2.16. The smallest absolute Gasteiger partial charge is 0.317 e. The Labute approximate surface area is 202 Å². The molecule has 4 rings (SSSR count). The minimum absolute atomic E-state index is 0.152. The third-order valence-corrected chi connectivity index (χ3v) is 5.59. The topological polar surface area (TPSA) is 88.7 Å². The van der Waals surface area contributed by atoms with E-state index in [-0.39, 0.29) is 18.9 Å². The molecule has 0 atom stereocenters. The van der Waals surface area contributed by atoms with Gasteiger partial charge in [0.05, 0.1) is 13.2 Å². The summed E-state index contributed by atoms with van der Waals surface area (Å²) in [5.74, 6) is -0.855. The number of halogens is 1. The Morgan fingerprint density at radius 1 is 1.09 bits per heavy atom. The number of hydrogen-bond acceptors (Lipinski definition) is 6. The molecule has 0 spiro atoms. The van der Waals surface area contributed by atoms with E-state index in [1.807, 2.05) is 30.3 Å². The van der Waals surface area contributed by atoms with Crippen LogP contribution in [0.1, 0.15) is 16.7 Å². The molecule has 1 N–H and O–H groups in total. The van der Waals surface area contributed by atoms with Gasteiger partial charge in [0.1, 0.15) is 5.82 Å². The lowest BCUT2D eigenvalue weighted by atomic mass is 9.94. The van der Waals surface area contributed by atoms with Crippen LogP contribution in [0.2, 0.25) is 0 Å². The molecule has 3 aromatic carbocycles. The highest BCUT2D eigenvalue weighted by atomic mass is 19.1. The van der Waals surface area contributed by atoms with E-state index in [0.717, 1.165) is 27.8 Å². The molecule has 0 bridgehead atoms. The third-order valence-electron chi connectivity index (χ3n) is 5.59. The van der Waals surface area contributed by atoms with Gasteiger partial charge >= 0.3 is 5.97 Å². The van der Waals surface area contributed by atoms with Crippen molar-refractivity contribution in [3.8, 4) is 34.0 Å². The number of carboxylic acids is 1. The number of benzene rings is 3. The summed E-state index contributed by atoms with van der Waals surface area (Å²) in [6.07, 6.45) is 0. The first-order chi connectivity index (χ1) is 16.8. The number of ether oxygens (including phenoxy) is 1. The number of hydrogen-bond donors (Lipinski definition) is 1. The van der Waals surface area contributed by atoms with Crippen molar-refractivity contribution in [2.45, 2.75) is 20.1 Å². The molecule has 0 saturated heterocycles. The Morgan fingerprint density at radius 2 is 1.89 bits per heavy atom. The minimum Gasteiger partial charge on any atom is -0.480 e. The Kier molecular flexibility index (Phi) is 7.33. The molecule has 0 saturated carbocycles. The lowest BCUT2D eigenvalue weighted by Crippen LogP contribution is -2.25. The van der Waals surface area contributed by atoms with Crippen molar-refractivity contribution in [1.82, 2.24) is 15.0 Å². The molecule has 0 fully saturated rings. The second-order valence-electron chi connectivity index (χ2n) is 8.46. The van der Waals surface area contributed by atoms with Gasteiger partial charge in [-0.15, -0.1) is 0 Å². The second kappa shape index (κ2) is 10.6. The largest absolute Gasteiger partial charge is 0.480 e. The molecular weight excluding hydrogens is 449 g/mol. The van der Waals surface area contributed by atoms with Crippen molar-refractivity contribution < 1.29 is 23.6 Å². The van der Waals surface area contributed by atoms with E-state index in [4.69, 9.17) is 14.4 Å². The molecule has 8 heteroatoms. The number of methoxy groups -OCH3 is 1. The number of aliphatic carboxylic acids is 1. The molecule has 0 radical (unpaired) electrons. The number of aryl methyl sites for hydroxylation is 1. The van der Waals surface area contributed by atoms with Crippen molar-refractivity contribution in [3.63, 3.8) is 0 Å². The van der Waals surface area contributed by atoms with Gasteiger partial charge in [0, 0.05) is 24.8 Å². The fraction of sp³-hybridized carbons (Fsp3) is 0.222. The molecule has 0 aliphatic carbocycles. The Morgan fingerprint density at radius 3 is 2.63 bits per heavy atom. The van der Waals surface area contributed by atoms with Crippen LogP contribution in [-0.2, 0) is 22.7 Å². The predicted octanol–water partition coefficient (Wildman–Crippen LogP) is 5.18. The fourth-order valence-electron chi connectivity index (χ4n) is 4.07. The number of carbonyl (C=O) groups is 1. The highest BCUT2D eigenvalue weighted by Crippen LogP contribution is 2.32. The first kappa shape index (κ1) is 24.3. The van der Waals surface area contributed by atoms with Crippen LogP contribution in [0.25, 0.3) is 34.0 Å². The lowest BCUT2D eigenvalue weighted by molar-refractivity contribution is -0.138. The van der Waals surface area contributed by atoms with E-state index in [1.165, 1.54) is 12.1 Å². The van der Waals surface area contributed by atoms with Crippen LogP contribution in [0.15, 0.2) is 65.2 Å². The molecule has 4 aromatic rings. The summed E-state index contributed by atoms with van der Waals surface area (Å²) in [5.41, 5.74) is 6.12. The number of rotatable bonds is 9. The molecule has 0 unspecified atom stereocenters. The van der Waals surface area contributed by atoms with Gasteiger partial charge in [-0.3, -0.25) is 9.69 Å². The standard InChI is InChI=1S/C27H26FN3O4/c1-17-6-4-5-7-23(17)24-9-8-19(12-21(24)16-34-3)27-29-26(30-35-27)20-10-18(11-22(28)13-20)14-31(2)15-25(32)33/h4-13H,14-16H2,1-3H3,(H,32,33). The van der Waals surface area contributed by atoms with E-state index in [1.54, 1.807) is 25.1 Å². The van der Waals surface area contributed by atoms with Crippen molar-refractivity contribution in [3.05, 3.63) is 83.2 Å². The number of aromatic nitrogens is 2. The van der Waals surface area contributed by atoms with Crippen LogP contribution < -0.4 is 0 Å². The second-order valence-corrected chi connectivity index (χ2v) is 8.46. The molecule has 1 aromatic heterocycles. The average molecular weight is 476 g/mol.